The number of aryl methyl sites for hydroxylation is 1. The summed E-state index contributed by atoms with van der Waals surface area (Å²) < 4.78 is 4.83. The van der Waals surface area contributed by atoms with E-state index >= 15 is 0 Å². The molecule has 0 bridgehead atoms. The highest BCUT2D eigenvalue weighted by Gasteiger charge is 1.75. The molecule has 0 aliphatic heterocycles. The Morgan fingerprint density at radius 2 is 2.22 bits per heavy atom. The molecule has 0 radical (unpaired) electrons. The molecule has 9 heavy (non-hydrogen) atoms. The molecule has 0 fully saturated rings. The molecule has 0 spiro atoms. The lowest BCUT2D eigenvalue weighted by molar-refractivity contribution is -0.106. The predicted octanol–water partition coefficient (Wildman–Crippen LogP) is 1.79. The maximum absolute atomic E-state index is 8.81. The van der Waals surface area contributed by atoms with E-state index in [1.807, 2.05) is 19.1 Å². The molecule has 1 rings (SSSR count). The zero-order valence-electron chi connectivity index (χ0n) is 5.63. The van der Waals surface area contributed by atoms with E-state index in [9.17, 15) is 0 Å². The summed E-state index contributed by atoms with van der Waals surface area (Å²) in [7, 11) is 0. The number of carbonyl (C=O) groups is 1. The molecule has 50 valence electrons. The Hall–Kier alpha value is -1.05. The van der Waals surface area contributed by atoms with Gasteiger partial charge in [0.1, 0.15) is 12.0 Å². The summed E-state index contributed by atoms with van der Waals surface area (Å²) in [6, 6.07) is 3.79. The van der Waals surface area contributed by atoms with Gasteiger partial charge >= 0.3 is 0 Å². The van der Waals surface area contributed by atoms with Crippen molar-refractivity contribution >= 4 is 6.29 Å². The van der Waals surface area contributed by atoms with E-state index in [1.165, 1.54) is 6.92 Å². The first-order valence-electron chi connectivity index (χ1n) is 2.71. The van der Waals surface area contributed by atoms with E-state index < -0.39 is 0 Å². The average Bonchev–Trinajstić information content (AvgIpc) is 2.20. The van der Waals surface area contributed by atoms with Crippen LogP contribution in [0.15, 0.2) is 22.8 Å². The third kappa shape index (κ3) is 4.81. The second kappa shape index (κ2) is 5.09. The molecule has 1 heterocycles. The maximum atomic E-state index is 8.81. The van der Waals surface area contributed by atoms with Crippen molar-refractivity contribution in [2.24, 2.45) is 0 Å². The Balaban J connectivity index is 0.000000187. The topological polar surface area (TPSA) is 30.2 Å². The third-order valence-corrected chi connectivity index (χ3v) is 0.663. The highest BCUT2D eigenvalue weighted by molar-refractivity contribution is 5.44. The summed E-state index contributed by atoms with van der Waals surface area (Å²) >= 11 is 0. The minimum absolute atomic E-state index is 0.750. The van der Waals surface area contributed by atoms with Gasteiger partial charge in [-0.2, -0.15) is 0 Å². The first kappa shape index (κ1) is 7.95. The molecular formula is C7H10O2. The van der Waals surface area contributed by atoms with Gasteiger partial charge < -0.3 is 9.21 Å². The van der Waals surface area contributed by atoms with Crippen molar-refractivity contribution in [1.29, 1.82) is 0 Å². The highest BCUT2D eigenvalue weighted by atomic mass is 16.3. The molecule has 0 saturated carbocycles. The summed E-state index contributed by atoms with van der Waals surface area (Å²) in [5.74, 6) is 0.968. The van der Waals surface area contributed by atoms with E-state index in [2.05, 4.69) is 0 Å². The van der Waals surface area contributed by atoms with Gasteiger partial charge in [-0.05, 0) is 26.0 Å². The Bertz CT molecular complexity index is 142. The molecule has 0 saturated heterocycles. The Labute approximate surface area is 54.5 Å². The molecule has 2 heteroatoms. The second-order valence-electron chi connectivity index (χ2n) is 1.46. The molecular weight excluding hydrogens is 116 g/mol. The fourth-order valence-corrected chi connectivity index (χ4v) is 0.361. The van der Waals surface area contributed by atoms with Crippen LogP contribution in [0.5, 0.6) is 0 Å². The number of furan rings is 1. The third-order valence-electron chi connectivity index (χ3n) is 0.663. The summed E-state index contributed by atoms with van der Waals surface area (Å²) in [5, 5.41) is 0. The van der Waals surface area contributed by atoms with Crippen LogP contribution in [0.25, 0.3) is 0 Å². The Morgan fingerprint density at radius 1 is 1.67 bits per heavy atom. The Morgan fingerprint density at radius 3 is 2.33 bits per heavy atom. The lowest BCUT2D eigenvalue weighted by Gasteiger charge is -1.69. The zero-order valence-corrected chi connectivity index (χ0v) is 5.63. The quantitative estimate of drug-likeness (QED) is 0.496. The number of carbonyl (C=O) groups excluding carboxylic acids is 1. The van der Waals surface area contributed by atoms with Crippen LogP contribution in [0, 0.1) is 6.92 Å². The molecule has 0 atom stereocenters. The lowest BCUT2D eigenvalue weighted by Crippen LogP contribution is -1.48. The van der Waals surface area contributed by atoms with Crippen LogP contribution in [0.3, 0.4) is 0 Å². The maximum Gasteiger partial charge on any atom is 0.116 e. The van der Waals surface area contributed by atoms with Gasteiger partial charge in [0, 0.05) is 0 Å². The van der Waals surface area contributed by atoms with Gasteiger partial charge in [-0.3, -0.25) is 0 Å². The number of rotatable bonds is 0. The smallest absolute Gasteiger partial charge is 0.116 e. The fraction of sp³-hybridized carbons (Fsp3) is 0.286. The van der Waals surface area contributed by atoms with Crippen LogP contribution in [-0.4, -0.2) is 6.29 Å². The van der Waals surface area contributed by atoms with Gasteiger partial charge in [0.25, 0.3) is 0 Å². The fourth-order valence-electron chi connectivity index (χ4n) is 0.361. The summed E-state index contributed by atoms with van der Waals surface area (Å²) in [6.45, 7) is 3.36. The monoisotopic (exact) mass is 126 g/mol. The molecule has 0 unspecified atom stereocenters. The largest absolute Gasteiger partial charge is 0.470 e. The molecule has 2 nitrogen and oxygen atoms in total. The number of hydrogen-bond donors (Lipinski definition) is 0. The molecule has 0 N–H and O–H groups in total. The van der Waals surface area contributed by atoms with Gasteiger partial charge in [0.2, 0.25) is 0 Å². The normalized spacial score (nSPS) is 7.33. The van der Waals surface area contributed by atoms with Crippen LogP contribution < -0.4 is 0 Å². The predicted molar refractivity (Wildman–Crippen MR) is 35.2 cm³/mol. The van der Waals surface area contributed by atoms with E-state index in [0.29, 0.717) is 0 Å². The highest BCUT2D eigenvalue weighted by Crippen LogP contribution is 1.93. The van der Waals surface area contributed by atoms with Crippen molar-refractivity contribution in [2.75, 3.05) is 0 Å². The van der Waals surface area contributed by atoms with E-state index in [-0.39, 0.29) is 0 Å². The molecule has 1 aromatic rings. The lowest BCUT2D eigenvalue weighted by atomic mass is 10.5. The number of hydrogen-bond acceptors (Lipinski definition) is 2. The summed E-state index contributed by atoms with van der Waals surface area (Å²) in [4.78, 5) is 8.81. The first-order chi connectivity index (χ1) is 4.31. The zero-order chi connectivity index (χ0) is 7.11. The summed E-state index contributed by atoms with van der Waals surface area (Å²) in [5.41, 5.74) is 0. The van der Waals surface area contributed by atoms with Crippen LogP contribution in [0.2, 0.25) is 0 Å². The minimum atomic E-state index is 0.750. The molecule has 1 aromatic heterocycles. The van der Waals surface area contributed by atoms with E-state index in [1.54, 1.807) is 6.26 Å². The average molecular weight is 126 g/mol. The van der Waals surface area contributed by atoms with Crippen molar-refractivity contribution in [1.82, 2.24) is 0 Å². The molecule has 0 aliphatic rings. The standard InChI is InChI=1S/C5H6O.C2H4O/c1-5-3-2-4-6-5;1-2-3/h2-4H,1H3;2H,1H3. The SMILES string of the molecule is CC=O.Cc1ccco1. The van der Waals surface area contributed by atoms with Crippen molar-refractivity contribution in [3.8, 4) is 0 Å². The molecule has 0 amide bonds. The molecule has 0 aliphatic carbocycles. The van der Waals surface area contributed by atoms with Gasteiger partial charge in [-0.1, -0.05) is 0 Å². The van der Waals surface area contributed by atoms with Crippen LogP contribution >= 0.6 is 0 Å². The van der Waals surface area contributed by atoms with Gasteiger partial charge in [-0.25, -0.2) is 0 Å². The van der Waals surface area contributed by atoms with Crippen molar-refractivity contribution in [2.45, 2.75) is 13.8 Å². The first-order valence-corrected chi connectivity index (χ1v) is 2.71. The van der Waals surface area contributed by atoms with Crippen LogP contribution in [0.4, 0.5) is 0 Å². The molecule has 0 aromatic carbocycles. The minimum Gasteiger partial charge on any atom is -0.470 e. The van der Waals surface area contributed by atoms with Crippen molar-refractivity contribution in [3.63, 3.8) is 0 Å². The van der Waals surface area contributed by atoms with Gasteiger partial charge in [-0.15, -0.1) is 0 Å². The summed E-state index contributed by atoms with van der Waals surface area (Å²) in [6.07, 6.45) is 2.41. The van der Waals surface area contributed by atoms with Crippen LogP contribution in [0.1, 0.15) is 12.7 Å². The van der Waals surface area contributed by atoms with Crippen molar-refractivity contribution < 1.29 is 9.21 Å². The van der Waals surface area contributed by atoms with Gasteiger partial charge in [0.15, 0.2) is 0 Å². The number of aldehydes is 1. The Kier molecular flexibility index (Phi) is 4.50. The van der Waals surface area contributed by atoms with E-state index in [4.69, 9.17) is 9.21 Å². The van der Waals surface area contributed by atoms with Crippen LogP contribution in [-0.2, 0) is 4.79 Å². The van der Waals surface area contributed by atoms with Crippen molar-refractivity contribution in [3.05, 3.63) is 24.2 Å². The van der Waals surface area contributed by atoms with E-state index in [0.717, 1.165) is 12.0 Å². The second-order valence-corrected chi connectivity index (χ2v) is 1.46. The van der Waals surface area contributed by atoms with Gasteiger partial charge in [0.05, 0.1) is 6.26 Å².